The lowest BCUT2D eigenvalue weighted by atomic mass is 10.1. The summed E-state index contributed by atoms with van der Waals surface area (Å²) in [7, 11) is 0. The molecular formula is C26H26N2O5. The Bertz CT molecular complexity index is 1180. The minimum Gasteiger partial charge on any atom is -0.482 e. The quantitative estimate of drug-likeness (QED) is 0.390. The number of carbonyl (C=O) groups excluding carboxylic acids is 3. The Labute approximate surface area is 192 Å². The van der Waals surface area contributed by atoms with Crippen LogP contribution in [0.1, 0.15) is 33.7 Å². The van der Waals surface area contributed by atoms with Gasteiger partial charge >= 0.3 is 5.97 Å². The van der Waals surface area contributed by atoms with E-state index in [2.05, 4.69) is 4.57 Å². The molecule has 0 aliphatic carbocycles. The fourth-order valence-corrected chi connectivity index (χ4v) is 3.99. The standard InChI is InChI=1S/C26H26N2O5/c1-18-14-21(19(2)28(18)15-20-8-4-3-5-9-20)23(29)16-33-26(31)12-13-27-22-10-6-7-11-24(22)32-17-25(27)30/h3-11,14H,12-13,15-17H2,1-2H3. The predicted octanol–water partition coefficient (Wildman–Crippen LogP) is 3.69. The van der Waals surface area contributed by atoms with Crippen molar-refractivity contribution in [3.8, 4) is 5.75 Å². The molecular weight excluding hydrogens is 420 g/mol. The Morgan fingerprint density at radius 1 is 1.03 bits per heavy atom. The van der Waals surface area contributed by atoms with Gasteiger partial charge in [-0.2, -0.15) is 0 Å². The van der Waals surface area contributed by atoms with Crippen LogP contribution in [0.15, 0.2) is 60.7 Å². The second kappa shape index (κ2) is 9.73. The normalized spacial score (nSPS) is 12.8. The van der Waals surface area contributed by atoms with Crippen LogP contribution in [0.25, 0.3) is 0 Å². The van der Waals surface area contributed by atoms with Gasteiger partial charge in [0.25, 0.3) is 5.91 Å². The van der Waals surface area contributed by atoms with Crippen LogP contribution in [0.5, 0.6) is 5.75 Å². The molecule has 0 saturated heterocycles. The average Bonchev–Trinajstić information content (AvgIpc) is 3.11. The largest absolute Gasteiger partial charge is 0.482 e. The number of rotatable bonds is 8. The molecule has 1 amide bonds. The zero-order chi connectivity index (χ0) is 23.4. The van der Waals surface area contributed by atoms with E-state index >= 15 is 0 Å². The van der Waals surface area contributed by atoms with E-state index in [9.17, 15) is 14.4 Å². The molecule has 33 heavy (non-hydrogen) atoms. The fraction of sp³-hybridized carbons (Fsp3) is 0.269. The molecule has 7 nitrogen and oxygen atoms in total. The van der Waals surface area contributed by atoms with Crippen LogP contribution in [0.2, 0.25) is 0 Å². The summed E-state index contributed by atoms with van der Waals surface area (Å²) in [5.41, 5.74) is 4.13. The number of anilines is 1. The van der Waals surface area contributed by atoms with E-state index in [1.807, 2.05) is 56.3 Å². The monoisotopic (exact) mass is 446 g/mol. The third-order valence-corrected chi connectivity index (χ3v) is 5.77. The smallest absolute Gasteiger partial charge is 0.308 e. The van der Waals surface area contributed by atoms with E-state index in [0.717, 1.165) is 17.0 Å². The molecule has 7 heteroatoms. The Morgan fingerprint density at radius 2 is 1.76 bits per heavy atom. The van der Waals surface area contributed by atoms with Gasteiger partial charge in [0.15, 0.2) is 13.2 Å². The van der Waals surface area contributed by atoms with Crippen molar-refractivity contribution in [2.75, 3.05) is 24.7 Å². The maximum atomic E-state index is 12.7. The first-order valence-corrected chi connectivity index (χ1v) is 10.9. The summed E-state index contributed by atoms with van der Waals surface area (Å²) in [5.74, 6) is -0.392. The second-order valence-electron chi connectivity index (χ2n) is 7.99. The molecule has 4 rings (SSSR count). The summed E-state index contributed by atoms with van der Waals surface area (Å²) in [6.45, 7) is 4.28. The highest BCUT2D eigenvalue weighted by molar-refractivity contribution is 6.00. The Hall–Kier alpha value is -3.87. The molecule has 0 atom stereocenters. The van der Waals surface area contributed by atoms with Gasteiger partial charge in [-0.05, 0) is 37.6 Å². The first-order chi connectivity index (χ1) is 15.9. The first-order valence-electron chi connectivity index (χ1n) is 10.9. The number of amides is 1. The molecule has 0 N–H and O–H groups in total. The van der Waals surface area contributed by atoms with E-state index < -0.39 is 5.97 Å². The zero-order valence-electron chi connectivity index (χ0n) is 18.7. The summed E-state index contributed by atoms with van der Waals surface area (Å²) in [6, 6.07) is 19.0. The Balaban J connectivity index is 1.33. The lowest BCUT2D eigenvalue weighted by molar-refractivity contribution is -0.142. The third-order valence-electron chi connectivity index (χ3n) is 5.77. The van der Waals surface area contributed by atoms with Crippen LogP contribution in [0, 0.1) is 13.8 Å². The number of nitrogens with zero attached hydrogens (tertiary/aromatic N) is 2. The predicted molar refractivity (Wildman–Crippen MR) is 124 cm³/mol. The molecule has 1 aromatic heterocycles. The Kier molecular flexibility index (Phi) is 6.58. The van der Waals surface area contributed by atoms with Crippen LogP contribution in [0.4, 0.5) is 5.69 Å². The highest BCUT2D eigenvalue weighted by Gasteiger charge is 2.26. The number of ether oxygens (including phenoxy) is 2. The Morgan fingerprint density at radius 3 is 2.55 bits per heavy atom. The highest BCUT2D eigenvalue weighted by atomic mass is 16.5. The van der Waals surface area contributed by atoms with E-state index in [1.54, 1.807) is 18.2 Å². The highest BCUT2D eigenvalue weighted by Crippen LogP contribution is 2.31. The maximum Gasteiger partial charge on any atom is 0.308 e. The molecule has 2 heterocycles. The molecule has 1 aliphatic rings. The van der Waals surface area contributed by atoms with Gasteiger partial charge in [-0.15, -0.1) is 0 Å². The van der Waals surface area contributed by atoms with Crippen molar-refractivity contribution in [2.24, 2.45) is 0 Å². The number of aromatic nitrogens is 1. The SMILES string of the molecule is Cc1cc(C(=O)COC(=O)CCN2C(=O)COc3ccccc32)c(C)n1Cc1ccccc1. The van der Waals surface area contributed by atoms with Crippen LogP contribution < -0.4 is 9.64 Å². The molecule has 2 aromatic carbocycles. The van der Waals surface area contributed by atoms with Crippen molar-refractivity contribution in [1.29, 1.82) is 0 Å². The minimum atomic E-state index is -0.529. The van der Waals surface area contributed by atoms with Gasteiger partial charge in [0.1, 0.15) is 5.75 Å². The van der Waals surface area contributed by atoms with Crippen molar-refractivity contribution in [2.45, 2.75) is 26.8 Å². The van der Waals surface area contributed by atoms with E-state index in [1.165, 1.54) is 4.90 Å². The summed E-state index contributed by atoms with van der Waals surface area (Å²) >= 11 is 0. The van der Waals surface area contributed by atoms with Crippen LogP contribution in [-0.2, 0) is 20.9 Å². The van der Waals surface area contributed by atoms with Gasteiger partial charge in [-0.25, -0.2) is 0 Å². The molecule has 3 aromatic rings. The van der Waals surface area contributed by atoms with Gasteiger partial charge in [-0.3, -0.25) is 14.4 Å². The minimum absolute atomic E-state index is 0.0135. The maximum absolute atomic E-state index is 12.7. The van der Waals surface area contributed by atoms with Crippen molar-refractivity contribution in [3.63, 3.8) is 0 Å². The lowest BCUT2D eigenvalue weighted by Crippen LogP contribution is -2.40. The summed E-state index contributed by atoms with van der Waals surface area (Å²) in [6.07, 6.45) is -0.0135. The fourth-order valence-electron chi connectivity index (χ4n) is 3.99. The molecule has 0 saturated carbocycles. The number of fused-ring (bicyclic) bond motifs is 1. The lowest BCUT2D eigenvalue weighted by Gasteiger charge is -2.28. The molecule has 170 valence electrons. The molecule has 0 bridgehead atoms. The van der Waals surface area contributed by atoms with Crippen LogP contribution in [-0.4, -0.2) is 42.0 Å². The number of benzene rings is 2. The number of carbonyl (C=O) groups is 3. The molecule has 0 unspecified atom stereocenters. The van der Waals surface area contributed by atoms with Crippen molar-refractivity contribution in [3.05, 3.63) is 83.2 Å². The van der Waals surface area contributed by atoms with Gasteiger partial charge in [0, 0.05) is 30.0 Å². The molecule has 0 radical (unpaired) electrons. The second-order valence-corrected chi connectivity index (χ2v) is 7.99. The number of hydrogen-bond acceptors (Lipinski definition) is 5. The summed E-state index contributed by atoms with van der Waals surface area (Å²) in [4.78, 5) is 38.8. The number of hydrogen-bond donors (Lipinski definition) is 0. The van der Waals surface area contributed by atoms with Crippen molar-refractivity contribution >= 4 is 23.3 Å². The zero-order valence-corrected chi connectivity index (χ0v) is 18.7. The van der Waals surface area contributed by atoms with E-state index in [0.29, 0.717) is 23.5 Å². The van der Waals surface area contributed by atoms with Gasteiger partial charge < -0.3 is 18.9 Å². The number of Topliss-reactive ketones (excluding diaryl/α,β-unsaturated/α-hetero) is 1. The first kappa shape index (κ1) is 22.3. The van der Waals surface area contributed by atoms with Crippen molar-refractivity contribution < 1.29 is 23.9 Å². The number of esters is 1. The summed E-state index contributed by atoms with van der Waals surface area (Å²) < 4.78 is 12.7. The topological polar surface area (TPSA) is 77.8 Å². The number of ketones is 1. The molecule has 0 spiro atoms. The number of para-hydroxylation sites is 2. The third kappa shape index (κ3) is 4.98. The molecule has 0 fully saturated rings. The molecule has 1 aliphatic heterocycles. The van der Waals surface area contributed by atoms with Crippen molar-refractivity contribution in [1.82, 2.24) is 4.57 Å². The van der Waals surface area contributed by atoms with Gasteiger partial charge in [0.2, 0.25) is 5.78 Å². The summed E-state index contributed by atoms with van der Waals surface area (Å²) in [5, 5.41) is 0. The van der Waals surface area contributed by atoms with Gasteiger partial charge in [-0.1, -0.05) is 42.5 Å². The average molecular weight is 447 g/mol. The van der Waals surface area contributed by atoms with Crippen LogP contribution >= 0.6 is 0 Å². The van der Waals surface area contributed by atoms with Crippen LogP contribution in [0.3, 0.4) is 0 Å². The van der Waals surface area contributed by atoms with E-state index in [4.69, 9.17) is 9.47 Å². The van der Waals surface area contributed by atoms with E-state index in [-0.39, 0.29) is 37.9 Å². The number of aryl methyl sites for hydroxylation is 1. The van der Waals surface area contributed by atoms with Gasteiger partial charge in [0.05, 0.1) is 12.1 Å².